The van der Waals surface area contributed by atoms with E-state index in [2.05, 4.69) is 17.4 Å². The fraction of sp³-hybridized carbons (Fsp3) is 0.381. The predicted molar refractivity (Wildman–Crippen MR) is 102 cm³/mol. The summed E-state index contributed by atoms with van der Waals surface area (Å²) in [6.45, 7) is 3.93. The van der Waals surface area contributed by atoms with Crippen LogP contribution in [0.4, 0.5) is 0 Å². The first kappa shape index (κ1) is 17.8. The molecule has 1 amide bonds. The lowest BCUT2D eigenvalue weighted by Crippen LogP contribution is -2.30. The summed E-state index contributed by atoms with van der Waals surface area (Å²) in [5.41, 5.74) is 3.15. The number of nitrogens with one attached hydrogen (secondary N) is 1. The highest BCUT2D eigenvalue weighted by atomic mass is 35.5. The summed E-state index contributed by atoms with van der Waals surface area (Å²) >= 11 is 5.97. The maximum absolute atomic E-state index is 12.3. The molecule has 0 spiro atoms. The fourth-order valence-corrected chi connectivity index (χ4v) is 3.55. The van der Waals surface area contributed by atoms with Crippen LogP contribution >= 0.6 is 11.6 Å². The van der Waals surface area contributed by atoms with E-state index in [4.69, 9.17) is 16.3 Å². The Balaban J connectivity index is 1.75. The number of carbonyl (C=O) groups excluding carboxylic acids is 1. The normalized spacial score (nSPS) is 19.4. The molecule has 3 rings (SSSR count). The van der Waals surface area contributed by atoms with E-state index in [-0.39, 0.29) is 11.9 Å². The van der Waals surface area contributed by atoms with Crippen molar-refractivity contribution in [2.75, 3.05) is 7.11 Å². The first-order valence-electron chi connectivity index (χ1n) is 8.72. The number of halogens is 1. The summed E-state index contributed by atoms with van der Waals surface area (Å²) in [5.74, 6) is 1.79. The molecule has 0 saturated heterocycles. The van der Waals surface area contributed by atoms with Crippen molar-refractivity contribution in [1.29, 1.82) is 0 Å². The molecule has 1 N–H and O–H groups in total. The number of ether oxygens (including phenoxy) is 1. The number of rotatable bonds is 5. The average Bonchev–Trinajstić information content (AvgIpc) is 2.54. The van der Waals surface area contributed by atoms with E-state index >= 15 is 0 Å². The van der Waals surface area contributed by atoms with Crippen LogP contribution in [0.2, 0.25) is 5.02 Å². The molecule has 0 unspecified atom stereocenters. The quantitative estimate of drug-likeness (QED) is 0.803. The molecule has 2 aromatic carbocycles. The summed E-state index contributed by atoms with van der Waals surface area (Å²) in [6, 6.07) is 13.9. The van der Waals surface area contributed by atoms with Crippen molar-refractivity contribution < 1.29 is 9.53 Å². The molecule has 4 heteroatoms. The van der Waals surface area contributed by atoms with Crippen LogP contribution in [0.3, 0.4) is 0 Å². The van der Waals surface area contributed by atoms with E-state index in [1.807, 2.05) is 44.2 Å². The molecule has 25 heavy (non-hydrogen) atoms. The molecule has 1 fully saturated rings. The summed E-state index contributed by atoms with van der Waals surface area (Å²) in [6.07, 6.45) is 2.13. The minimum Gasteiger partial charge on any atom is -0.496 e. The Morgan fingerprint density at radius 3 is 2.40 bits per heavy atom. The zero-order valence-corrected chi connectivity index (χ0v) is 15.6. The van der Waals surface area contributed by atoms with Gasteiger partial charge in [-0.05, 0) is 80.0 Å². The number of hydrogen-bond acceptors (Lipinski definition) is 2. The molecular formula is C21H24ClNO2. The number of methoxy groups -OCH3 is 1. The maximum atomic E-state index is 12.3. The molecule has 1 aliphatic rings. The molecule has 132 valence electrons. The van der Waals surface area contributed by atoms with Crippen LogP contribution in [-0.2, 0) is 0 Å². The van der Waals surface area contributed by atoms with Gasteiger partial charge in [-0.1, -0.05) is 23.7 Å². The number of benzene rings is 2. The van der Waals surface area contributed by atoms with Crippen molar-refractivity contribution in [3.05, 3.63) is 64.2 Å². The third-order valence-corrected chi connectivity index (χ3v) is 5.08. The second kappa shape index (κ2) is 7.49. The molecule has 0 radical (unpaired) electrons. The van der Waals surface area contributed by atoms with E-state index in [1.54, 1.807) is 7.11 Å². The first-order chi connectivity index (χ1) is 12.0. The van der Waals surface area contributed by atoms with Crippen molar-refractivity contribution >= 4 is 17.5 Å². The van der Waals surface area contributed by atoms with Crippen LogP contribution in [-0.4, -0.2) is 19.1 Å². The van der Waals surface area contributed by atoms with Crippen molar-refractivity contribution in [1.82, 2.24) is 5.32 Å². The maximum Gasteiger partial charge on any atom is 0.251 e. The van der Waals surface area contributed by atoms with Gasteiger partial charge in [0, 0.05) is 16.6 Å². The Hall–Kier alpha value is -2.00. The van der Waals surface area contributed by atoms with Gasteiger partial charge in [0.1, 0.15) is 5.75 Å². The molecule has 1 aliphatic carbocycles. The largest absolute Gasteiger partial charge is 0.496 e. The van der Waals surface area contributed by atoms with Gasteiger partial charge in [0.05, 0.1) is 7.11 Å². The zero-order chi connectivity index (χ0) is 18.0. The highest BCUT2D eigenvalue weighted by Gasteiger charge is 2.33. The van der Waals surface area contributed by atoms with Crippen LogP contribution in [0.5, 0.6) is 5.75 Å². The van der Waals surface area contributed by atoms with Gasteiger partial charge in [0.15, 0.2) is 0 Å². The molecule has 2 aromatic rings. The van der Waals surface area contributed by atoms with E-state index in [0.717, 1.165) is 29.2 Å². The Bertz CT molecular complexity index is 749. The fourth-order valence-electron chi connectivity index (χ4n) is 3.42. The second-order valence-electron chi connectivity index (χ2n) is 7.00. The summed E-state index contributed by atoms with van der Waals surface area (Å²) < 4.78 is 5.53. The minimum atomic E-state index is -0.0347. The molecule has 0 heterocycles. The number of amides is 1. The summed E-state index contributed by atoms with van der Waals surface area (Å²) in [5, 5.41) is 3.72. The Morgan fingerprint density at radius 2 is 1.80 bits per heavy atom. The average molecular weight is 358 g/mol. The van der Waals surface area contributed by atoms with Crippen LogP contribution < -0.4 is 10.1 Å². The molecule has 0 atom stereocenters. The Morgan fingerprint density at radius 1 is 1.12 bits per heavy atom. The van der Waals surface area contributed by atoms with E-state index < -0.39 is 0 Å². The summed E-state index contributed by atoms with van der Waals surface area (Å²) in [4.78, 5) is 12.3. The van der Waals surface area contributed by atoms with Gasteiger partial charge < -0.3 is 10.1 Å². The lowest BCUT2D eigenvalue weighted by Gasteiger charge is -2.37. The molecule has 0 aliphatic heterocycles. The van der Waals surface area contributed by atoms with Crippen molar-refractivity contribution in [2.45, 2.75) is 44.6 Å². The van der Waals surface area contributed by atoms with Crippen LogP contribution in [0.15, 0.2) is 42.5 Å². The molecule has 3 nitrogen and oxygen atoms in total. The number of carbonyl (C=O) groups is 1. The van der Waals surface area contributed by atoms with Gasteiger partial charge in [-0.25, -0.2) is 0 Å². The second-order valence-corrected chi connectivity index (χ2v) is 7.44. The van der Waals surface area contributed by atoms with Crippen molar-refractivity contribution in [3.63, 3.8) is 0 Å². The lowest BCUT2D eigenvalue weighted by molar-refractivity contribution is 0.0943. The lowest BCUT2D eigenvalue weighted by atomic mass is 9.68. The highest BCUT2D eigenvalue weighted by molar-refractivity contribution is 6.30. The van der Waals surface area contributed by atoms with Gasteiger partial charge in [-0.15, -0.1) is 0 Å². The third-order valence-electron chi connectivity index (χ3n) is 4.83. The topological polar surface area (TPSA) is 38.3 Å². The SMILES string of the molecule is COc1ccc(C(=O)NC(C)C)cc1[C@H]1C[C@@H](c2ccc(Cl)cc2)C1. The van der Waals surface area contributed by atoms with E-state index in [0.29, 0.717) is 17.4 Å². The first-order valence-corrected chi connectivity index (χ1v) is 9.10. The smallest absolute Gasteiger partial charge is 0.251 e. The van der Waals surface area contributed by atoms with E-state index in [9.17, 15) is 4.79 Å². The Kier molecular flexibility index (Phi) is 5.33. The molecular weight excluding hydrogens is 334 g/mol. The third kappa shape index (κ3) is 3.98. The molecule has 0 aromatic heterocycles. The van der Waals surface area contributed by atoms with Crippen LogP contribution in [0.1, 0.15) is 60.0 Å². The van der Waals surface area contributed by atoms with E-state index in [1.165, 1.54) is 5.56 Å². The van der Waals surface area contributed by atoms with Crippen LogP contribution in [0, 0.1) is 0 Å². The van der Waals surface area contributed by atoms with Gasteiger partial charge in [-0.3, -0.25) is 4.79 Å². The minimum absolute atomic E-state index is 0.0347. The monoisotopic (exact) mass is 357 g/mol. The van der Waals surface area contributed by atoms with Gasteiger partial charge >= 0.3 is 0 Å². The molecule has 1 saturated carbocycles. The van der Waals surface area contributed by atoms with Crippen molar-refractivity contribution in [2.24, 2.45) is 0 Å². The van der Waals surface area contributed by atoms with Gasteiger partial charge in [-0.2, -0.15) is 0 Å². The predicted octanol–water partition coefficient (Wildman–Crippen LogP) is 5.15. The van der Waals surface area contributed by atoms with Gasteiger partial charge in [0.2, 0.25) is 0 Å². The summed E-state index contributed by atoms with van der Waals surface area (Å²) in [7, 11) is 1.68. The zero-order valence-electron chi connectivity index (χ0n) is 14.9. The highest BCUT2D eigenvalue weighted by Crippen LogP contribution is 2.50. The molecule has 0 bridgehead atoms. The van der Waals surface area contributed by atoms with Crippen LogP contribution in [0.25, 0.3) is 0 Å². The Labute approximate surface area is 154 Å². The van der Waals surface area contributed by atoms with Crippen molar-refractivity contribution in [3.8, 4) is 5.75 Å². The standard InChI is InChI=1S/C21H24ClNO2/c1-13(2)23-21(24)15-6-9-20(25-3)19(12-15)17-10-16(11-17)14-4-7-18(22)8-5-14/h4-9,12-13,16-17H,10-11H2,1-3H3,(H,23,24)/t16-,17+. The van der Waals surface area contributed by atoms with Gasteiger partial charge in [0.25, 0.3) is 5.91 Å². The number of hydrogen-bond donors (Lipinski definition) is 1.